The Balaban J connectivity index is 0.00000392. The predicted molar refractivity (Wildman–Crippen MR) is 110 cm³/mol. The van der Waals surface area contributed by atoms with Crippen LogP contribution in [-0.2, 0) is 19.6 Å². The van der Waals surface area contributed by atoms with E-state index in [1.54, 1.807) is 49.1 Å². The standard InChI is InChI=1S/C18H28N4O4S.ClH/c1-18(2,19)14-20-16(23)8-9-17(24)21-10-12-22(13-11-21)27(25,26)15-6-4-3-5-7-15;/h3-7H,8-14,19H2,1-2H3,(H,20,23);1H. The Morgan fingerprint density at radius 3 is 2.18 bits per heavy atom. The number of hydrogen-bond donors (Lipinski definition) is 2. The lowest BCUT2D eigenvalue weighted by Gasteiger charge is -2.34. The first-order chi connectivity index (χ1) is 12.6. The van der Waals surface area contributed by atoms with Crippen LogP contribution in [0.4, 0.5) is 0 Å². The van der Waals surface area contributed by atoms with E-state index in [1.807, 2.05) is 0 Å². The average molecular weight is 433 g/mol. The molecule has 0 atom stereocenters. The van der Waals surface area contributed by atoms with Crippen LogP contribution in [0.25, 0.3) is 0 Å². The molecule has 1 aliphatic heterocycles. The zero-order valence-corrected chi connectivity index (χ0v) is 17.9. The Kier molecular flexibility index (Phi) is 8.87. The topological polar surface area (TPSA) is 113 Å². The van der Waals surface area contributed by atoms with Gasteiger partial charge < -0.3 is 16.0 Å². The fourth-order valence-corrected chi connectivity index (χ4v) is 4.16. The van der Waals surface area contributed by atoms with Crippen LogP contribution in [0.3, 0.4) is 0 Å². The summed E-state index contributed by atoms with van der Waals surface area (Å²) in [5, 5.41) is 2.70. The molecule has 0 unspecified atom stereocenters. The summed E-state index contributed by atoms with van der Waals surface area (Å²) in [5.74, 6) is -0.360. The zero-order chi connectivity index (χ0) is 20.1. The molecule has 3 N–H and O–H groups in total. The molecule has 1 aliphatic rings. The molecular formula is C18H29ClN4O4S. The van der Waals surface area contributed by atoms with Crippen LogP contribution in [0.5, 0.6) is 0 Å². The third-order valence-corrected chi connectivity index (χ3v) is 6.19. The van der Waals surface area contributed by atoms with Crippen LogP contribution in [0.1, 0.15) is 26.7 Å². The third kappa shape index (κ3) is 7.05. The Morgan fingerprint density at radius 1 is 1.07 bits per heavy atom. The van der Waals surface area contributed by atoms with Crippen molar-refractivity contribution in [3.05, 3.63) is 30.3 Å². The minimum absolute atomic E-state index is 0. The van der Waals surface area contributed by atoms with Gasteiger partial charge in [-0.15, -0.1) is 12.4 Å². The highest BCUT2D eigenvalue weighted by atomic mass is 35.5. The highest BCUT2D eigenvalue weighted by molar-refractivity contribution is 7.89. The molecule has 2 amide bonds. The number of nitrogens with two attached hydrogens (primary N) is 1. The summed E-state index contributed by atoms with van der Waals surface area (Å²) in [6, 6.07) is 8.26. The third-order valence-electron chi connectivity index (χ3n) is 4.28. The first-order valence-corrected chi connectivity index (χ1v) is 10.4. The second kappa shape index (κ2) is 10.2. The molecule has 0 aliphatic carbocycles. The van der Waals surface area contributed by atoms with E-state index in [0.29, 0.717) is 19.6 Å². The van der Waals surface area contributed by atoms with Gasteiger partial charge >= 0.3 is 0 Å². The summed E-state index contributed by atoms with van der Waals surface area (Å²) in [5.41, 5.74) is 5.30. The Bertz CT molecular complexity index is 758. The van der Waals surface area contributed by atoms with Crippen molar-refractivity contribution in [2.75, 3.05) is 32.7 Å². The maximum atomic E-state index is 12.6. The Labute approximate surface area is 172 Å². The lowest BCUT2D eigenvalue weighted by molar-refractivity contribution is -0.134. The number of rotatable bonds is 7. The van der Waals surface area contributed by atoms with E-state index in [9.17, 15) is 18.0 Å². The van der Waals surface area contributed by atoms with Crippen molar-refractivity contribution in [2.45, 2.75) is 37.1 Å². The van der Waals surface area contributed by atoms with Gasteiger partial charge in [0, 0.05) is 51.1 Å². The van der Waals surface area contributed by atoms with E-state index in [1.165, 1.54) is 4.31 Å². The fraction of sp³-hybridized carbons (Fsp3) is 0.556. The molecule has 1 fully saturated rings. The summed E-state index contributed by atoms with van der Waals surface area (Å²) in [6.07, 6.45) is 0.194. The number of amides is 2. The molecule has 0 aromatic heterocycles. The predicted octanol–water partition coefficient (Wildman–Crippen LogP) is 0.575. The minimum Gasteiger partial charge on any atom is -0.354 e. The van der Waals surface area contributed by atoms with Gasteiger partial charge in [0.15, 0.2) is 0 Å². The quantitative estimate of drug-likeness (QED) is 0.654. The van der Waals surface area contributed by atoms with Crippen molar-refractivity contribution in [2.24, 2.45) is 5.73 Å². The number of nitrogens with zero attached hydrogens (tertiary/aromatic N) is 2. The number of piperazine rings is 1. The van der Waals surface area contributed by atoms with Gasteiger partial charge in [-0.05, 0) is 26.0 Å². The van der Waals surface area contributed by atoms with Gasteiger partial charge in [0.2, 0.25) is 21.8 Å². The van der Waals surface area contributed by atoms with Gasteiger partial charge in [0.1, 0.15) is 0 Å². The highest BCUT2D eigenvalue weighted by Gasteiger charge is 2.30. The SMILES string of the molecule is CC(C)(N)CNC(=O)CCC(=O)N1CCN(S(=O)(=O)c2ccccc2)CC1.Cl. The molecule has 2 rings (SSSR count). The molecule has 0 radical (unpaired) electrons. The van der Waals surface area contributed by atoms with Crippen molar-refractivity contribution in [1.29, 1.82) is 0 Å². The molecule has 1 aromatic rings. The molecule has 1 saturated heterocycles. The molecule has 1 heterocycles. The zero-order valence-electron chi connectivity index (χ0n) is 16.3. The number of carbonyl (C=O) groups excluding carboxylic acids is 2. The second-order valence-corrected chi connectivity index (χ2v) is 9.30. The summed E-state index contributed by atoms with van der Waals surface area (Å²) >= 11 is 0. The van der Waals surface area contributed by atoms with Crippen LogP contribution >= 0.6 is 12.4 Å². The largest absolute Gasteiger partial charge is 0.354 e. The number of benzene rings is 1. The molecule has 0 bridgehead atoms. The van der Waals surface area contributed by atoms with Crippen molar-refractivity contribution < 1.29 is 18.0 Å². The highest BCUT2D eigenvalue weighted by Crippen LogP contribution is 2.17. The number of nitrogens with one attached hydrogen (secondary N) is 1. The maximum absolute atomic E-state index is 12.6. The lowest BCUT2D eigenvalue weighted by atomic mass is 10.1. The van der Waals surface area contributed by atoms with Crippen LogP contribution in [0.2, 0.25) is 0 Å². The summed E-state index contributed by atoms with van der Waals surface area (Å²) in [7, 11) is -3.54. The van der Waals surface area contributed by atoms with Gasteiger partial charge in [-0.1, -0.05) is 18.2 Å². The van der Waals surface area contributed by atoms with Crippen LogP contribution in [0, 0.1) is 0 Å². The number of halogens is 1. The lowest BCUT2D eigenvalue weighted by Crippen LogP contribution is -2.50. The molecular weight excluding hydrogens is 404 g/mol. The van der Waals surface area contributed by atoms with Crippen LogP contribution < -0.4 is 11.1 Å². The molecule has 1 aromatic carbocycles. The second-order valence-electron chi connectivity index (χ2n) is 7.36. The van der Waals surface area contributed by atoms with Gasteiger partial charge in [-0.2, -0.15) is 4.31 Å². The van der Waals surface area contributed by atoms with E-state index in [4.69, 9.17) is 5.73 Å². The van der Waals surface area contributed by atoms with Gasteiger partial charge in [-0.3, -0.25) is 9.59 Å². The van der Waals surface area contributed by atoms with Crippen molar-refractivity contribution >= 4 is 34.2 Å². The van der Waals surface area contributed by atoms with E-state index < -0.39 is 15.6 Å². The fourth-order valence-electron chi connectivity index (χ4n) is 2.71. The van der Waals surface area contributed by atoms with Gasteiger partial charge in [0.25, 0.3) is 0 Å². The van der Waals surface area contributed by atoms with Gasteiger partial charge in [-0.25, -0.2) is 8.42 Å². The number of hydrogen-bond acceptors (Lipinski definition) is 5. The van der Waals surface area contributed by atoms with E-state index in [-0.39, 0.29) is 55.0 Å². The Morgan fingerprint density at radius 2 is 1.64 bits per heavy atom. The summed E-state index contributed by atoms with van der Waals surface area (Å²) < 4.78 is 26.6. The first kappa shape index (κ1) is 24.4. The molecule has 0 saturated carbocycles. The molecule has 0 spiro atoms. The first-order valence-electron chi connectivity index (χ1n) is 8.98. The van der Waals surface area contributed by atoms with Crippen LogP contribution in [-0.4, -0.2) is 67.7 Å². The average Bonchev–Trinajstić information content (AvgIpc) is 2.64. The minimum atomic E-state index is -3.54. The summed E-state index contributed by atoms with van der Waals surface area (Å²) in [4.78, 5) is 25.9. The van der Waals surface area contributed by atoms with E-state index in [0.717, 1.165) is 0 Å². The Hall–Kier alpha value is -1.68. The van der Waals surface area contributed by atoms with Crippen molar-refractivity contribution in [3.8, 4) is 0 Å². The molecule has 28 heavy (non-hydrogen) atoms. The summed E-state index contributed by atoms with van der Waals surface area (Å²) in [6.45, 7) is 5.09. The van der Waals surface area contributed by atoms with Crippen molar-refractivity contribution in [1.82, 2.24) is 14.5 Å². The normalized spacial score (nSPS) is 15.6. The van der Waals surface area contributed by atoms with Crippen molar-refractivity contribution in [3.63, 3.8) is 0 Å². The van der Waals surface area contributed by atoms with E-state index in [2.05, 4.69) is 5.32 Å². The molecule has 158 valence electrons. The molecule has 8 nitrogen and oxygen atoms in total. The smallest absolute Gasteiger partial charge is 0.243 e. The molecule has 10 heteroatoms. The van der Waals surface area contributed by atoms with Gasteiger partial charge in [0.05, 0.1) is 4.90 Å². The maximum Gasteiger partial charge on any atom is 0.243 e. The number of sulfonamides is 1. The monoisotopic (exact) mass is 432 g/mol. The van der Waals surface area contributed by atoms with E-state index >= 15 is 0 Å². The van der Waals surface area contributed by atoms with Crippen LogP contribution in [0.15, 0.2) is 35.2 Å². The number of carbonyl (C=O) groups is 2.